The van der Waals surface area contributed by atoms with Gasteiger partial charge in [-0.1, -0.05) is 0 Å². The fourth-order valence-electron chi connectivity index (χ4n) is 8.87. The standard InChI is InChI=1S/C29H41.C17H11Cl.C5H5.Zr/c1-26(2,3)22-14-18-13-19-15-23(27(4,5)6)25(29(10,11)12)17-21(19)20(18)16-24(22)28(7,8)9;18-16-9-3-5-13(12-16)11-15-8-4-7-14-6-1-2-10-17(14)15;1-2-4-5-3-1;/h14,16-17H,13H2,1-12H3;1-10,12H;1-3H,4H2;. The minimum atomic E-state index is -3.11. The van der Waals surface area contributed by atoms with Gasteiger partial charge in [-0.15, -0.1) is 0 Å². The molecule has 0 amide bonds. The van der Waals surface area contributed by atoms with Gasteiger partial charge >= 0.3 is 335 Å². The first-order valence-electron chi connectivity index (χ1n) is 19.5. The van der Waals surface area contributed by atoms with Crippen molar-refractivity contribution in [2.75, 3.05) is 0 Å². The number of hydrogen-bond donors (Lipinski definition) is 0. The average Bonchev–Trinajstić information content (AvgIpc) is 3.72. The van der Waals surface area contributed by atoms with E-state index < -0.39 is 21.3 Å². The Bertz CT molecular complexity index is 2360. The zero-order chi connectivity index (χ0) is 38.2. The van der Waals surface area contributed by atoms with Gasteiger partial charge in [0.2, 0.25) is 0 Å². The van der Waals surface area contributed by atoms with Gasteiger partial charge in [0.15, 0.2) is 0 Å². The van der Waals surface area contributed by atoms with Gasteiger partial charge in [0.1, 0.15) is 0 Å². The molecule has 0 bridgehead atoms. The Balaban J connectivity index is 1.73. The predicted molar refractivity (Wildman–Crippen MR) is 230 cm³/mol. The van der Waals surface area contributed by atoms with Crippen LogP contribution in [0.3, 0.4) is 0 Å². The first-order valence-corrected chi connectivity index (χ1v) is 23.6. The molecule has 0 nitrogen and oxygen atoms in total. The molecular formula is C51H57ClZr. The Kier molecular flexibility index (Phi) is 9.77. The van der Waals surface area contributed by atoms with Gasteiger partial charge in [0.25, 0.3) is 0 Å². The van der Waals surface area contributed by atoms with E-state index >= 15 is 0 Å². The van der Waals surface area contributed by atoms with Crippen molar-refractivity contribution in [2.45, 2.75) is 118 Å². The van der Waals surface area contributed by atoms with Crippen LogP contribution in [0.1, 0.15) is 134 Å². The first kappa shape index (κ1) is 38.2. The van der Waals surface area contributed by atoms with Gasteiger partial charge in [-0.05, 0) is 0 Å². The van der Waals surface area contributed by atoms with Gasteiger partial charge in [0.05, 0.1) is 0 Å². The van der Waals surface area contributed by atoms with Crippen molar-refractivity contribution in [3.63, 3.8) is 0 Å². The number of rotatable bonds is 4. The van der Waals surface area contributed by atoms with E-state index in [1.807, 2.05) is 6.07 Å². The normalized spacial score (nSPS) is 15.1. The van der Waals surface area contributed by atoms with Crippen molar-refractivity contribution >= 4 is 28.9 Å². The summed E-state index contributed by atoms with van der Waals surface area (Å²) >= 11 is 3.83. The van der Waals surface area contributed by atoms with Crippen molar-refractivity contribution in [3.8, 4) is 11.1 Å². The number of allylic oxidation sites excluding steroid dienone is 4. The summed E-state index contributed by atoms with van der Waals surface area (Å²) < 4.78 is 4.85. The summed E-state index contributed by atoms with van der Waals surface area (Å²) in [4.78, 5) is 0. The van der Waals surface area contributed by atoms with Crippen molar-refractivity contribution in [2.24, 2.45) is 0 Å². The fraction of sp³-hybridized carbons (Fsp3) is 0.353. The molecule has 2 aliphatic rings. The van der Waals surface area contributed by atoms with Crippen LogP contribution in [0.5, 0.6) is 0 Å². The van der Waals surface area contributed by atoms with Gasteiger partial charge < -0.3 is 0 Å². The summed E-state index contributed by atoms with van der Waals surface area (Å²) in [5.41, 5.74) is 14.6. The molecule has 53 heavy (non-hydrogen) atoms. The molecule has 5 aromatic carbocycles. The molecule has 0 radical (unpaired) electrons. The van der Waals surface area contributed by atoms with Crippen LogP contribution in [0.25, 0.3) is 21.9 Å². The summed E-state index contributed by atoms with van der Waals surface area (Å²) in [7, 11) is 0. The summed E-state index contributed by atoms with van der Waals surface area (Å²) in [6.45, 7) is 29.0. The summed E-state index contributed by atoms with van der Waals surface area (Å²) in [5, 5.41) is 3.40. The number of fused-ring (bicyclic) bond motifs is 4. The molecule has 0 fully saturated rings. The quantitative estimate of drug-likeness (QED) is 0.167. The van der Waals surface area contributed by atoms with E-state index in [0.29, 0.717) is 0 Å². The molecule has 0 atom stereocenters. The van der Waals surface area contributed by atoms with Gasteiger partial charge in [-0.25, -0.2) is 0 Å². The molecule has 272 valence electrons. The first-order chi connectivity index (χ1) is 24.7. The third kappa shape index (κ3) is 7.12. The zero-order valence-corrected chi connectivity index (χ0v) is 37.3. The molecule has 0 aliphatic heterocycles. The Morgan fingerprint density at radius 1 is 0.623 bits per heavy atom. The second-order valence-corrected chi connectivity index (χ2v) is 25.9. The number of halogens is 1. The van der Waals surface area contributed by atoms with E-state index in [4.69, 9.17) is 11.6 Å². The van der Waals surface area contributed by atoms with Crippen LogP contribution in [-0.4, -0.2) is 3.21 Å². The van der Waals surface area contributed by atoms with E-state index in [9.17, 15) is 0 Å². The van der Waals surface area contributed by atoms with Crippen molar-refractivity contribution in [1.82, 2.24) is 0 Å². The van der Waals surface area contributed by atoms with E-state index in [-0.39, 0.29) is 21.7 Å². The maximum absolute atomic E-state index is 6.93. The second-order valence-electron chi connectivity index (χ2n) is 19.5. The summed E-state index contributed by atoms with van der Waals surface area (Å²) in [6.07, 6.45) is 9.18. The molecule has 0 spiro atoms. The van der Waals surface area contributed by atoms with Gasteiger partial charge in [-0.3, -0.25) is 0 Å². The van der Waals surface area contributed by atoms with Crippen LogP contribution in [-0.2, 0) is 49.3 Å². The predicted octanol–water partition coefficient (Wildman–Crippen LogP) is 13.6. The minimum absolute atomic E-state index is 0.0323. The zero-order valence-electron chi connectivity index (χ0n) is 34.1. The van der Waals surface area contributed by atoms with Crippen LogP contribution in [0.2, 0.25) is 5.02 Å². The molecule has 5 aromatic rings. The van der Waals surface area contributed by atoms with E-state index in [2.05, 4.69) is 180 Å². The third-order valence-electron chi connectivity index (χ3n) is 11.3. The monoisotopic (exact) mass is 794 g/mol. The fourth-order valence-corrected chi connectivity index (χ4v) is 18.1. The molecule has 7 rings (SSSR count). The van der Waals surface area contributed by atoms with Crippen molar-refractivity contribution < 1.29 is 21.3 Å². The molecular weight excluding hydrogens is 739 g/mol. The van der Waals surface area contributed by atoms with Crippen LogP contribution in [0, 0.1) is 0 Å². The van der Waals surface area contributed by atoms with Gasteiger partial charge in [-0.2, -0.15) is 0 Å². The summed E-state index contributed by atoms with van der Waals surface area (Å²) in [6, 6.07) is 32.5. The molecule has 0 N–H and O–H groups in total. The van der Waals surface area contributed by atoms with E-state index in [1.54, 1.807) is 17.7 Å². The molecule has 2 heteroatoms. The van der Waals surface area contributed by atoms with Crippen molar-refractivity contribution in [3.05, 3.63) is 156 Å². The molecule has 0 saturated heterocycles. The van der Waals surface area contributed by atoms with Gasteiger partial charge in [0, 0.05) is 0 Å². The summed E-state index contributed by atoms with van der Waals surface area (Å²) in [5.74, 6) is 0. The molecule has 2 aliphatic carbocycles. The molecule has 0 heterocycles. The van der Waals surface area contributed by atoms with Crippen molar-refractivity contribution in [1.29, 1.82) is 0 Å². The van der Waals surface area contributed by atoms with E-state index in [1.165, 1.54) is 58.5 Å². The Morgan fingerprint density at radius 3 is 1.87 bits per heavy atom. The topological polar surface area (TPSA) is 0 Å². The molecule has 0 saturated carbocycles. The SMILES string of the molecule is CC(C)(C)c1cc2c(cc1C(C)(C)C)-c1cc(C(C)(C)C)c(C(C)(C)C)[c](/[Zr]([C]3=CC=CC3)=[C](\c3cccc(Cl)c3)c3cccc4ccccc34)c1C2. The number of benzene rings is 5. The second kappa shape index (κ2) is 13.6. The van der Waals surface area contributed by atoms with E-state index in [0.717, 1.165) is 17.9 Å². The average molecular weight is 797 g/mol. The van der Waals surface area contributed by atoms with Crippen LogP contribution in [0.15, 0.2) is 106 Å². The van der Waals surface area contributed by atoms with Crippen LogP contribution in [0.4, 0.5) is 0 Å². The van der Waals surface area contributed by atoms with Crippen LogP contribution >= 0.6 is 11.6 Å². The Labute approximate surface area is 332 Å². The maximum atomic E-state index is 6.93. The Hall–Kier alpha value is -3.12. The Morgan fingerprint density at radius 2 is 1.25 bits per heavy atom. The molecule has 0 aromatic heterocycles. The molecule has 0 unspecified atom stereocenters. The van der Waals surface area contributed by atoms with Crippen LogP contribution < -0.4 is 3.27 Å². The third-order valence-corrected chi connectivity index (χ3v) is 19.2. The number of hydrogen-bond acceptors (Lipinski definition) is 0.